The largest absolute Gasteiger partial charge is 0.386 e. The summed E-state index contributed by atoms with van der Waals surface area (Å²) in [5, 5.41) is 12.8. The molecule has 1 heterocycles. The summed E-state index contributed by atoms with van der Waals surface area (Å²) in [7, 11) is 0. The van der Waals surface area contributed by atoms with Gasteiger partial charge in [0, 0.05) is 25.0 Å². The summed E-state index contributed by atoms with van der Waals surface area (Å²) in [6.07, 6.45) is 3.49. The van der Waals surface area contributed by atoms with E-state index >= 15 is 0 Å². The Morgan fingerprint density at radius 3 is 2.67 bits per heavy atom. The molecule has 1 amide bonds. The van der Waals surface area contributed by atoms with Crippen molar-refractivity contribution in [1.29, 1.82) is 0 Å². The molecule has 15 heavy (non-hydrogen) atoms. The smallest absolute Gasteiger partial charge is 0.226 e. The van der Waals surface area contributed by atoms with Crippen LogP contribution in [0.3, 0.4) is 0 Å². The Morgan fingerprint density at radius 1 is 1.47 bits per heavy atom. The summed E-state index contributed by atoms with van der Waals surface area (Å²) in [5.74, 6) is 0.102. The average molecular weight is 213 g/mol. The Morgan fingerprint density at radius 2 is 2.20 bits per heavy atom. The third-order valence-electron chi connectivity index (χ3n) is 3.67. The zero-order valence-corrected chi connectivity index (χ0v) is 9.21. The molecule has 2 aliphatic rings. The number of aliphatic hydroxyl groups is 1. The number of hydrogen-bond acceptors (Lipinski definition) is 3. The number of carbonyl (C=O) groups is 1. The predicted molar refractivity (Wildman–Crippen MR) is 55.4 cm³/mol. The summed E-state index contributed by atoms with van der Waals surface area (Å²) >= 11 is 0. The van der Waals surface area contributed by atoms with E-state index in [1.165, 1.54) is 0 Å². The molecule has 1 saturated carbocycles. The number of carbonyl (C=O) groups excluding carboxylic acids is 1. The topological polar surface area (TPSA) is 58.6 Å². The van der Waals surface area contributed by atoms with Gasteiger partial charge in [0.15, 0.2) is 0 Å². The van der Waals surface area contributed by atoms with E-state index in [4.69, 9.17) is 4.74 Å². The molecule has 86 valence electrons. The number of amides is 1. The lowest BCUT2D eigenvalue weighted by atomic mass is 10.0. The van der Waals surface area contributed by atoms with Gasteiger partial charge in [-0.05, 0) is 19.3 Å². The Labute approximate surface area is 90.0 Å². The van der Waals surface area contributed by atoms with Crippen LogP contribution in [0.1, 0.15) is 32.6 Å². The van der Waals surface area contributed by atoms with Crippen molar-refractivity contribution in [2.45, 2.75) is 38.2 Å². The fourth-order valence-electron chi connectivity index (χ4n) is 2.06. The van der Waals surface area contributed by atoms with Crippen molar-refractivity contribution in [3.8, 4) is 0 Å². The molecule has 1 aliphatic heterocycles. The second-order valence-corrected chi connectivity index (χ2v) is 4.84. The maximum Gasteiger partial charge on any atom is 0.226 e. The number of hydrogen-bond donors (Lipinski definition) is 2. The van der Waals surface area contributed by atoms with Crippen molar-refractivity contribution < 1.29 is 14.6 Å². The van der Waals surface area contributed by atoms with Crippen LogP contribution in [0.4, 0.5) is 0 Å². The monoisotopic (exact) mass is 213 g/mol. The molecular weight excluding hydrogens is 194 g/mol. The van der Waals surface area contributed by atoms with Gasteiger partial charge in [0.25, 0.3) is 0 Å². The Kier molecular flexibility index (Phi) is 2.73. The van der Waals surface area contributed by atoms with E-state index in [9.17, 15) is 9.90 Å². The van der Waals surface area contributed by atoms with E-state index in [2.05, 4.69) is 5.32 Å². The third kappa shape index (κ3) is 2.16. The molecule has 4 heteroatoms. The van der Waals surface area contributed by atoms with Crippen molar-refractivity contribution in [3.05, 3.63) is 0 Å². The Balaban J connectivity index is 1.80. The second-order valence-electron chi connectivity index (χ2n) is 4.84. The summed E-state index contributed by atoms with van der Waals surface area (Å²) in [6.45, 7) is 3.30. The molecule has 2 rings (SSSR count). The maximum atomic E-state index is 11.8. The minimum atomic E-state index is -0.834. The zero-order chi connectivity index (χ0) is 10.9. The van der Waals surface area contributed by atoms with Gasteiger partial charge >= 0.3 is 0 Å². The molecular formula is C11H19NO3. The first-order chi connectivity index (χ1) is 7.10. The van der Waals surface area contributed by atoms with Gasteiger partial charge in [-0.15, -0.1) is 0 Å². The van der Waals surface area contributed by atoms with Crippen molar-refractivity contribution in [3.63, 3.8) is 0 Å². The molecule has 0 radical (unpaired) electrons. The molecule has 2 N–H and O–H groups in total. The van der Waals surface area contributed by atoms with Gasteiger partial charge in [-0.2, -0.15) is 0 Å². The minimum Gasteiger partial charge on any atom is -0.386 e. The van der Waals surface area contributed by atoms with E-state index in [-0.39, 0.29) is 11.3 Å². The van der Waals surface area contributed by atoms with Gasteiger partial charge in [-0.3, -0.25) is 4.79 Å². The number of ether oxygens (including phenoxy) is 1. The maximum absolute atomic E-state index is 11.8. The molecule has 1 saturated heterocycles. The van der Waals surface area contributed by atoms with Crippen LogP contribution in [0.15, 0.2) is 0 Å². The lowest BCUT2D eigenvalue weighted by Gasteiger charge is -2.22. The normalized spacial score (nSPS) is 32.7. The second kappa shape index (κ2) is 3.76. The van der Waals surface area contributed by atoms with Crippen LogP contribution in [0.2, 0.25) is 0 Å². The minimum absolute atomic E-state index is 0.102. The van der Waals surface area contributed by atoms with E-state index in [1.807, 2.05) is 6.92 Å². The van der Waals surface area contributed by atoms with Crippen LogP contribution >= 0.6 is 0 Å². The summed E-state index contributed by atoms with van der Waals surface area (Å²) in [4.78, 5) is 11.8. The number of rotatable bonds is 4. The first kappa shape index (κ1) is 10.9. The summed E-state index contributed by atoms with van der Waals surface area (Å²) < 4.78 is 5.12. The van der Waals surface area contributed by atoms with Gasteiger partial charge in [0.05, 0.1) is 6.61 Å². The highest BCUT2D eigenvalue weighted by atomic mass is 16.5. The predicted octanol–water partition coefficient (Wildman–Crippen LogP) is 0.444. The molecule has 2 fully saturated rings. The van der Waals surface area contributed by atoms with Crippen molar-refractivity contribution in [1.82, 2.24) is 5.32 Å². The molecule has 0 bridgehead atoms. The molecule has 1 aliphatic carbocycles. The van der Waals surface area contributed by atoms with Gasteiger partial charge in [0.1, 0.15) is 5.60 Å². The van der Waals surface area contributed by atoms with Crippen molar-refractivity contribution in [2.75, 3.05) is 19.8 Å². The van der Waals surface area contributed by atoms with Crippen LogP contribution < -0.4 is 5.32 Å². The molecule has 1 atom stereocenters. The van der Waals surface area contributed by atoms with Crippen molar-refractivity contribution >= 4 is 5.91 Å². The SMILES string of the molecule is CCC1(C(=O)NCC2(O)CCOC2)CC1. The first-order valence-corrected chi connectivity index (χ1v) is 5.69. The fraction of sp³-hybridized carbons (Fsp3) is 0.909. The molecule has 4 nitrogen and oxygen atoms in total. The molecule has 0 aromatic rings. The van der Waals surface area contributed by atoms with E-state index in [0.29, 0.717) is 26.2 Å². The van der Waals surface area contributed by atoms with E-state index in [1.54, 1.807) is 0 Å². The van der Waals surface area contributed by atoms with Gasteiger partial charge in [0.2, 0.25) is 5.91 Å². The molecule has 0 aromatic carbocycles. The Bertz CT molecular complexity index is 255. The van der Waals surface area contributed by atoms with E-state index < -0.39 is 5.60 Å². The highest BCUT2D eigenvalue weighted by Gasteiger charge is 2.48. The van der Waals surface area contributed by atoms with Crippen LogP contribution in [-0.2, 0) is 9.53 Å². The fourth-order valence-corrected chi connectivity index (χ4v) is 2.06. The highest BCUT2D eigenvalue weighted by Crippen LogP contribution is 2.48. The standard InChI is InChI=1S/C11H19NO3/c1-2-10(3-4-10)9(13)12-7-11(14)5-6-15-8-11/h14H,2-8H2,1H3,(H,12,13). The third-order valence-corrected chi connectivity index (χ3v) is 3.67. The molecule has 0 spiro atoms. The summed E-state index contributed by atoms with van der Waals surface area (Å²) in [6, 6.07) is 0. The van der Waals surface area contributed by atoms with Crippen LogP contribution in [0, 0.1) is 5.41 Å². The van der Waals surface area contributed by atoms with Crippen LogP contribution in [0.25, 0.3) is 0 Å². The average Bonchev–Trinajstić information content (AvgIpc) is 2.93. The first-order valence-electron chi connectivity index (χ1n) is 5.69. The van der Waals surface area contributed by atoms with Gasteiger partial charge < -0.3 is 15.2 Å². The summed E-state index contributed by atoms with van der Waals surface area (Å²) in [5.41, 5.74) is -0.949. The van der Waals surface area contributed by atoms with Gasteiger partial charge in [-0.25, -0.2) is 0 Å². The highest BCUT2D eigenvalue weighted by molar-refractivity contribution is 5.85. The number of nitrogens with one attached hydrogen (secondary N) is 1. The zero-order valence-electron chi connectivity index (χ0n) is 9.21. The quantitative estimate of drug-likeness (QED) is 0.712. The lowest BCUT2D eigenvalue weighted by Crippen LogP contribution is -2.45. The van der Waals surface area contributed by atoms with Crippen LogP contribution in [0.5, 0.6) is 0 Å². The Hall–Kier alpha value is -0.610. The molecule has 0 aromatic heterocycles. The van der Waals surface area contributed by atoms with Crippen LogP contribution in [-0.4, -0.2) is 36.4 Å². The van der Waals surface area contributed by atoms with Crippen molar-refractivity contribution in [2.24, 2.45) is 5.41 Å². The van der Waals surface area contributed by atoms with Gasteiger partial charge in [-0.1, -0.05) is 6.92 Å². The lowest BCUT2D eigenvalue weighted by molar-refractivity contribution is -0.127. The van der Waals surface area contributed by atoms with E-state index in [0.717, 1.165) is 19.3 Å². The molecule has 1 unspecified atom stereocenters.